The van der Waals surface area contributed by atoms with Crippen LogP contribution in [0.15, 0.2) is 67.3 Å². The lowest BCUT2D eigenvalue weighted by Crippen LogP contribution is -2.35. The second kappa shape index (κ2) is 9.44. The minimum absolute atomic E-state index is 0.419. The average molecular weight is 432 g/mol. The van der Waals surface area contributed by atoms with Gasteiger partial charge >= 0.3 is 0 Å². The smallest absolute Gasteiger partial charge is 0.137 e. The van der Waals surface area contributed by atoms with E-state index in [1.54, 1.807) is 41.3 Å². The summed E-state index contributed by atoms with van der Waals surface area (Å²) in [4.78, 5) is 4.04. The van der Waals surface area contributed by atoms with Gasteiger partial charge in [0.05, 0.1) is 18.2 Å². The molecule has 7 heteroatoms. The molecule has 0 fully saturated rings. The molecule has 0 spiro atoms. The van der Waals surface area contributed by atoms with Crippen molar-refractivity contribution in [3.05, 3.63) is 82.9 Å². The largest absolute Gasteiger partial charge is 0.457 e. The monoisotopic (exact) mass is 431 g/mol. The molecule has 0 aliphatic carbocycles. The van der Waals surface area contributed by atoms with Crippen molar-refractivity contribution < 1.29 is 9.47 Å². The SMILES string of the molecule is C=C(C)COC(CC)(Cn1cncn1)c1ccc(Oc2ccc(Cl)cc2)cc1Cl. The Balaban J connectivity index is 1.91. The Hall–Kier alpha value is -2.34. The molecule has 0 bridgehead atoms. The summed E-state index contributed by atoms with van der Waals surface area (Å²) in [6, 6.07) is 12.8. The van der Waals surface area contributed by atoms with Crippen LogP contribution in [0.2, 0.25) is 10.0 Å². The number of benzene rings is 2. The molecule has 0 aliphatic heterocycles. The third-order valence-corrected chi connectivity index (χ3v) is 5.10. The summed E-state index contributed by atoms with van der Waals surface area (Å²) in [5, 5.41) is 5.45. The second-order valence-electron chi connectivity index (χ2n) is 6.88. The van der Waals surface area contributed by atoms with Crippen molar-refractivity contribution in [1.29, 1.82) is 0 Å². The Labute approximate surface area is 180 Å². The highest BCUT2D eigenvalue weighted by molar-refractivity contribution is 6.31. The molecule has 29 heavy (non-hydrogen) atoms. The Bertz CT molecular complexity index is 959. The quantitative estimate of drug-likeness (QED) is 0.374. The predicted molar refractivity (Wildman–Crippen MR) is 116 cm³/mol. The zero-order valence-corrected chi connectivity index (χ0v) is 18.0. The first-order valence-electron chi connectivity index (χ1n) is 9.26. The summed E-state index contributed by atoms with van der Waals surface area (Å²) >= 11 is 12.6. The fraction of sp³-hybridized carbons (Fsp3) is 0.273. The number of ether oxygens (including phenoxy) is 2. The molecule has 2 aromatic carbocycles. The minimum atomic E-state index is -0.678. The fourth-order valence-corrected chi connectivity index (χ4v) is 3.49. The van der Waals surface area contributed by atoms with Crippen LogP contribution in [0.3, 0.4) is 0 Å². The molecule has 0 N–H and O–H groups in total. The lowest BCUT2D eigenvalue weighted by molar-refractivity contribution is -0.0577. The summed E-state index contributed by atoms with van der Waals surface area (Å²) in [5.74, 6) is 1.31. The Kier molecular flexibility index (Phi) is 6.96. The number of hydrogen-bond donors (Lipinski definition) is 0. The van der Waals surface area contributed by atoms with Crippen molar-refractivity contribution in [3.63, 3.8) is 0 Å². The maximum Gasteiger partial charge on any atom is 0.137 e. The Morgan fingerprint density at radius 2 is 1.86 bits per heavy atom. The van der Waals surface area contributed by atoms with Crippen molar-refractivity contribution in [2.45, 2.75) is 32.4 Å². The van der Waals surface area contributed by atoms with E-state index >= 15 is 0 Å². The van der Waals surface area contributed by atoms with Gasteiger partial charge in [0.15, 0.2) is 0 Å². The lowest BCUT2D eigenvalue weighted by atomic mass is 9.90. The van der Waals surface area contributed by atoms with Crippen molar-refractivity contribution >= 4 is 23.2 Å². The zero-order valence-electron chi connectivity index (χ0n) is 16.4. The first-order chi connectivity index (χ1) is 13.9. The van der Waals surface area contributed by atoms with Crippen molar-refractivity contribution in [2.24, 2.45) is 0 Å². The van der Waals surface area contributed by atoms with Gasteiger partial charge in [0.2, 0.25) is 0 Å². The maximum absolute atomic E-state index is 6.69. The predicted octanol–water partition coefficient (Wildman–Crippen LogP) is 6.28. The lowest BCUT2D eigenvalue weighted by Gasteiger charge is -2.34. The van der Waals surface area contributed by atoms with Gasteiger partial charge in [0.25, 0.3) is 0 Å². The molecule has 1 atom stereocenters. The Morgan fingerprint density at radius 3 is 2.45 bits per heavy atom. The molecule has 0 saturated heterocycles. The average Bonchev–Trinajstić information content (AvgIpc) is 3.20. The molecule has 3 aromatic rings. The minimum Gasteiger partial charge on any atom is -0.457 e. The molecule has 0 amide bonds. The third kappa shape index (κ3) is 5.38. The van der Waals surface area contributed by atoms with E-state index in [1.807, 2.05) is 19.1 Å². The molecule has 5 nitrogen and oxygen atoms in total. The third-order valence-electron chi connectivity index (χ3n) is 4.53. The standard InChI is InChI=1S/C22H23Cl2N3O2/c1-4-22(28-12-16(2)3,13-27-15-25-14-26-27)20-10-9-19(11-21(20)24)29-18-7-5-17(23)6-8-18/h5-11,14-15H,2,4,12-13H2,1,3H3. The zero-order chi connectivity index (χ0) is 20.9. The summed E-state index contributed by atoms with van der Waals surface area (Å²) in [6.45, 7) is 8.84. The van der Waals surface area contributed by atoms with Crippen molar-refractivity contribution in [2.75, 3.05) is 6.61 Å². The number of hydrogen-bond acceptors (Lipinski definition) is 4. The van der Waals surface area contributed by atoms with E-state index in [0.717, 1.165) is 11.1 Å². The first-order valence-corrected chi connectivity index (χ1v) is 10.0. The first kappa shape index (κ1) is 21.4. The molecular weight excluding hydrogens is 409 g/mol. The van der Waals surface area contributed by atoms with E-state index < -0.39 is 5.60 Å². The number of aromatic nitrogens is 3. The summed E-state index contributed by atoms with van der Waals surface area (Å²) in [6.07, 6.45) is 3.86. The van der Waals surface area contributed by atoms with Gasteiger partial charge < -0.3 is 9.47 Å². The van der Waals surface area contributed by atoms with E-state index in [2.05, 4.69) is 23.6 Å². The molecule has 3 rings (SSSR count). The number of nitrogens with zero attached hydrogens (tertiary/aromatic N) is 3. The molecule has 1 unspecified atom stereocenters. The molecule has 1 aromatic heterocycles. The van der Waals surface area contributed by atoms with Crippen LogP contribution in [0.4, 0.5) is 0 Å². The van der Waals surface area contributed by atoms with Gasteiger partial charge in [-0.25, -0.2) is 9.67 Å². The molecule has 1 heterocycles. The highest BCUT2D eigenvalue weighted by Gasteiger charge is 2.35. The van der Waals surface area contributed by atoms with Gasteiger partial charge in [-0.05, 0) is 49.7 Å². The van der Waals surface area contributed by atoms with Crippen LogP contribution in [-0.2, 0) is 16.9 Å². The van der Waals surface area contributed by atoms with E-state index in [-0.39, 0.29) is 0 Å². The topological polar surface area (TPSA) is 49.2 Å². The molecule has 152 valence electrons. The van der Waals surface area contributed by atoms with Crippen LogP contribution < -0.4 is 4.74 Å². The van der Waals surface area contributed by atoms with Gasteiger partial charge in [0, 0.05) is 10.6 Å². The van der Waals surface area contributed by atoms with Crippen LogP contribution in [0.1, 0.15) is 25.8 Å². The van der Waals surface area contributed by atoms with E-state index in [1.165, 1.54) is 6.33 Å². The van der Waals surface area contributed by atoms with Crippen LogP contribution in [0, 0.1) is 0 Å². The molecular formula is C22H23Cl2N3O2. The van der Waals surface area contributed by atoms with Crippen molar-refractivity contribution in [1.82, 2.24) is 14.8 Å². The highest BCUT2D eigenvalue weighted by Crippen LogP contribution is 2.39. The van der Waals surface area contributed by atoms with Crippen LogP contribution in [0.5, 0.6) is 11.5 Å². The van der Waals surface area contributed by atoms with Crippen LogP contribution in [0.25, 0.3) is 0 Å². The number of rotatable bonds is 9. The van der Waals surface area contributed by atoms with Crippen LogP contribution >= 0.6 is 23.2 Å². The summed E-state index contributed by atoms with van der Waals surface area (Å²) in [5.41, 5.74) is 1.12. The fourth-order valence-electron chi connectivity index (χ4n) is 3.02. The van der Waals surface area contributed by atoms with E-state index in [9.17, 15) is 0 Å². The maximum atomic E-state index is 6.69. The highest BCUT2D eigenvalue weighted by atomic mass is 35.5. The van der Waals surface area contributed by atoms with Gasteiger partial charge in [-0.1, -0.05) is 48.3 Å². The molecule has 0 radical (unpaired) electrons. The Morgan fingerprint density at radius 1 is 1.14 bits per heavy atom. The number of halogens is 2. The summed E-state index contributed by atoms with van der Waals surface area (Å²) < 4.78 is 14.0. The molecule has 0 saturated carbocycles. The van der Waals surface area contributed by atoms with Gasteiger partial charge in [0.1, 0.15) is 29.8 Å². The van der Waals surface area contributed by atoms with Crippen LogP contribution in [-0.4, -0.2) is 21.4 Å². The van der Waals surface area contributed by atoms with Gasteiger partial charge in [-0.3, -0.25) is 0 Å². The van der Waals surface area contributed by atoms with Gasteiger partial charge in [-0.15, -0.1) is 0 Å². The molecule has 0 aliphatic rings. The summed E-state index contributed by atoms with van der Waals surface area (Å²) in [7, 11) is 0. The van der Waals surface area contributed by atoms with Crippen molar-refractivity contribution in [3.8, 4) is 11.5 Å². The second-order valence-corrected chi connectivity index (χ2v) is 7.73. The van der Waals surface area contributed by atoms with E-state index in [4.69, 9.17) is 32.7 Å². The van der Waals surface area contributed by atoms with E-state index in [0.29, 0.717) is 41.1 Å². The van der Waals surface area contributed by atoms with Gasteiger partial charge in [-0.2, -0.15) is 5.10 Å². The normalized spacial score (nSPS) is 13.1.